The molecule has 3 aromatic rings. The first kappa shape index (κ1) is 17.6. The number of rotatable bonds is 4. The van der Waals surface area contributed by atoms with E-state index in [9.17, 15) is 19.8 Å². The van der Waals surface area contributed by atoms with Crippen molar-refractivity contribution >= 4 is 17.4 Å². The Labute approximate surface area is 161 Å². The number of nitrogens with zero attached hydrogens (tertiary/aromatic N) is 1. The number of amides is 1. The minimum absolute atomic E-state index is 0.000738. The van der Waals surface area contributed by atoms with Crippen LogP contribution in [0.2, 0.25) is 0 Å². The largest absolute Gasteiger partial charge is 0.508 e. The molecule has 4 rings (SSSR count). The molecule has 1 atom stereocenters. The molecule has 0 aliphatic carbocycles. The molecule has 6 nitrogen and oxygen atoms in total. The number of aliphatic hydroxyl groups excluding tert-OH is 1. The third-order valence-electron chi connectivity index (χ3n) is 4.68. The molecule has 0 bridgehead atoms. The van der Waals surface area contributed by atoms with Crippen LogP contribution in [0.4, 0.5) is 0 Å². The lowest BCUT2D eigenvalue weighted by Crippen LogP contribution is -2.29. The van der Waals surface area contributed by atoms with Crippen LogP contribution < -0.4 is 0 Å². The number of benzene rings is 2. The highest BCUT2D eigenvalue weighted by molar-refractivity contribution is 6.46. The van der Waals surface area contributed by atoms with E-state index in [1.165, 1.54) is 23.3 Å². The van der Waals surface area contributed by atoms with E-state index < -0.39 is 17.7 Å². The van der Waals surface area contributed by atoms with Crippen LogP contribution >= 0.6 is 0 Å². The summed E-state index contributed by atoms with van der Waals surface area (Å²) in [7, 11) is 0. The highest BCUT2D eigenvalue weighted by atomic mass is 16.3. The van der Waals surface area contributed by atoms with E-state index in [2.05, 4.69) is 0 Å². The van der Waals surface area contributed by atoms with Crippen LogP contribution in [0.3, 0.4) is 0 Å². The van der Waals surface area contributed by atoms with Crippen LogP contribution in [-0.2, 0) is 16.1 Å². The fourth-order valence-corrected chi connectivity index (χ4v) is 3.41. The van der Waals surface area contributed by atoms with Crippen molar-refractivity contribution in [3.8, 4) is 5.75 Å². The highest BCUT2D eigenvalue weighted by Gasteiger charge is 2.46. The van der Waals surface area contributed by atoms with Crippen LogP contribution in [0, 0.1) is 0 Å². The summed E-state index contributed by atoms with van der Waals surface area (Å²) in [4.78, 5) is 26.9. The molecule has 2 heterocycles. The van der Waals surface area contributed by atoms with Gasteiger partial charge < -0.3 is 19.5 Å². The molecule has 2 N–H and O–H groups in total. The number of hydrogen-bond acceptors (Lipinski definition) is 5. The van der Waals surface area contributed by atoms with Gasteiger partial charge >= 0.3 is 0 Å². The van der Waals surface area contributed by atoms with Crippen LogP contribution in [0.25, 0.3) is 5.76 Å². The smallest absolute Gasteiger partial charge is 0.296 e. The fraction of sp³-hybridized carbons (Fsp3) is 0.0909. The van der Waals surface area contributed by atoms with Crippen LogP contribution in [0.1, 0.15) is 22.9 Å². The molecular formula is C22H17NO5. The third kappa shape index (κ3) is 3.05. The summed E-state index contributed by atoms with van der Waals surface area (Å²) in [6.07, 6.45) is 1.49. The molecule has 0 radical (unpaired) electrons. The van der Waals surface area contributed by atoms with E-state index >= 15 is 0 Å². The summed E-state index contributed by atoms with van der Waals surface area (Å²) in [5, 5.41) is 20.8. The van der Waals surface area contributed by atoms with E-state index in [-0.39, 0.29) is 23.6 Å². The molecular weight excluding hydrogens is 358 g/mol. The molecule has 0 unspecified atom stereocenters. The molecule has 140 valence electrons. The van der Waals surface area contributed by atoms with Crippen molar-refractivity contribution in [3.05, 3.63) is 95.5 Å². The van der Waals surface area contributed by atoms with E-state index in [0.717, 1.165) is 0 Å². The zero-order valence-corrected chi connectivity index (χ0v) is 14.8. The number of aliphatic hydroxyl groups is 1. The maximum atomic E-state index is 12.8. The average Bonchev–Trinajstić information content (AvgIpc) is 3.30. The van der Waals surface area contributed by atoms with Gasteiger partial charge in [0, 0.05) is 5.56 Å². The van der Waals surface area contributed by atoms with Gasteiger partial charge in [-0.3, -0.25) is 9.59 Å². The predicted octanol–water partition coefficient (Wildman–Crippen LogP) is 3.61. The fourth-order valence-electron chi connectivity index (χ4n) is 3.41. The lowest BCUT2D eigenvalue weighted by atomic mass is 9.95. The first-order chi connectivity index (χ1) is 13.6. The topological polar surface area (TPSA) is 91.0 Å². The number of phenolic OH excluding ortho intramolecular Hbond substituents is 1. The van der Waals surface area contributed by atoms with Gasteiger partial charge in [-0.05, 0) is 29.8 Å². The number of Topliss-reactive ketones (excluding diaryl/α,β-unsaturated/α-hetero) is 1. The zero-order valence-electron chi connectivity index (χ0n) is 14.8. The lowest BCUT2D eigenvalue weighted by molar-refractivity contribution is -0.140. The summed E-state index contributed by atoms with van der Waals surface area (Å²) in [5.74, 6) is -1.26. The minimum Gasteiger partial charge on any atom is -0.508 e. The average molecular weight is 375 g/mol. The number of carbonyl (C=O) groups excluding carboxylic acids is 2. The Hall–Kier alpha value is -3.80. The maximum Gasteiger partial charge on any atom is 0.296 e. The van der Waals surface area contributed by atoms with Gasteiger partial charge in [0.2, 0.25) is 0 Å². The second-order valence-electron chi connectivity index (χ2n) is 6.47. The standard InChI is InChI=1S/C22H17NO5/c24-16-9-4-8-15(12-16)19-18(20(25)14-6-2-1-3-7-14)21(26)22(27)23(19)13-17-10-5-11-28-17/h1-12,19,24-25H,13H2/t19-/m1/s1. The molecule has 28 heavy (non-hydrogen) atoms. The second-order valence-corrected chi connectivity index (χ2v) is 6.47. The van der Waals surface area contributed by atoms with Crippen molar-refractivity contribution in [2.75, 3.05) is 0 Å². The molecule has 1 aliphatic heterocycles. The Kier molecular flexibility index (Phi) is 4.45. The first-order valence-corrected chi connectivity index (χ1v) is 8.71. The van der Waals surface area contributed by atoms with Crippen molar-refractivity contribution in [1.82, 2.24) is 4.90 Å². The quantitative estimate of drug-likeness (QED) is 0.413. The number of likely N-dealkylation sites (tertiary alicyclic amines) is 1. The maximum absolute atomic E-state index is 12.8. The van der Waals surface area contributed by atoms with Gasteiger partial charge in [0.1, 0.15) is 17.3 Å². The van der Waals surface area contributed by atoms with E-state index in [1.54, 1.807) is 54.6 Å². The Morgan fingerprint density at radius 1 is 1.00 bits per heavy atom. The summed E-state index contributed by atoms with van der Waals surface area (Å²) < 4.78 is 5.33. The molecule has 1 amide bonds. The van der Waals surface area contributed by atoms with Gasteiger partial charge in [-0.15, -0.1) is 0 Å². The molecule has 6 heteroatoms. The number of aromatic hydroxyl groups is 1. The van der Waals surface area contributed by atoms with Crippen LogP contribution in [0.5, 0.6) is 5.75 Å². The summed E-state index contributed by atoms with van der Waals surface area (Å²) in [6, 6.07) is 17.4. The number of furan rings is 1. The number of carbonyl (C=O) groups is 2. The molecule has 1 fully saturated rings. The monoisotopic (exact) mass is 375 g/mol. The number of phenols is 1. The number of ketones is 1. The minimum atomic E-state index is -0.850. The van der Waals surface area contributed by atoms with Crippen molar-refractivity contribution in [2.45, 2.75) is 12.6 Å². The number of hydrogen-bond donors (Lipinski definition) is 2. The summed E-state index contributed by atoms with van der Waals surface area (Å²) in [6.45, 7) is 0.0590. The van der Waals surface area contributed by atoms with Crippen molar-refractivity contribution in [3.63, 3.8) is 0 Å². The third-order valence-corrected chi connectivity index (χ3v) is 4.68. The summed E-state index contributed by atoms with van der Waals surface area (Å²) in [5.41, 5.74) is 0.931. The molecule has 1 aromatic heterocycles. The molecule has 0 saturated carbocycles. The Morgan fingerprint density at radius 3 is 2.46 bits per heavy atom. The van der Waals surface area contributed by atoms with Crippen molar-refractivity contribution < 1.29 is 24.2 Å². The highest BCUT2D eigenvalue weighted by Crippen LogP contribution is 2.40. The van der Waals surface area contributed by atoms with Gasteiger partial charge in [-0.1, -0.05) is 42.5 Å². The SMILES string of the molecule is O=C1C(=O)N(Cc2ccco2)[C@H](c2cccc(O)c2)C1=C(O)c1ccccc1. The molecule has 1 aliphatic rings. The van der Waals surface area contributed by atoms with E-state index in [4.69, 9.17) is 4.42 Å². The summed E-state index contributed by atoms with van der Waals surface area (Å²) >= 11 is 0. The molecule has 0 spiro atoms. The van der Waals surface area contributed by atoms with Gasteiger partial charge in [0.25, 0.3) is 11.7 Å². The van der Waals surface area contributed by atoms with Gasteiger partial charge in [0.05, 0.1) is 24.4 Å². The van der Waals surface area contributed by atoms with Gasteiger partial charge in [-0.2, -0.15) is 0 Å². The van der Waals surface area contributed by atoms with Crippen LogP contribution in [0.15, 0.2) is 83.0 Å². The van der Waals surface area contributed by atoms with E-state index in [1.807, 2.05) is 0 Å². The molecule has 1 saturated heterocycles. The van der Waals surface area contributed by atoms with Gasteiger partial charge in [-0.25, -0.2) is 0 Å². The Balaban J connectivity index is 1.88. The first-order valence-electron chi connectivity index (χ1n) is 8.71. The van der Waals surface area contributed by atoms with Crippen molar-refractivity contribution in [2.24, 2.45) is 0 Å². The second kappa shape index (κ2) is 7.08. The molecule has 2 aromatic carbocycles. The van der Waals surface area contributed by atoms with Crippen LogP contribution in [-0.4, -0.2) is 26.8 Å². The Bertz CT molecular complexity index is 1050. The normalized spacial score (nSPS) is 18.6. The lowest BCUT2D eigenvalue weighted by Gasteiger charge is -2.24. The van der Waals surface area contributed by atoms with Crippen molar-refractivity contribution in [1.29, 1.82) is 0 Å². The zero-order chi connectivity index (χ0) is 19.7. The van der Waals surface area contributed by atoms with E-state index in [0.29, 0.717) is 16.9 Å². The predicted molar refractivity (Wildman–Crippen MR) is 101 cm³/mol. The van der Waals surface area contributed by atoms with Gasteiger partial charge in [0.15, 0.2) is 0 Å². The Morgan fingerprint density at radius 2 is 1.79 bits per heavy atom.